The van der Waals surface area contributed by atoms with E-state index in [0.29, 0.717) is 6.61 Å². The van der Waals surface area contributed by atoms with Crippen LogP contribution >= 0.6 is 0 Å². The van der Waals surface area contributed by atoms with Gasteiger partial charge in [0.2, 0.25) is 5.91 Å². The summed E-state index contributed by atoms with van der Waals surface area (Å²) in [6.45, 7) is 6.25. The summed E-state index contributed by atoms with van der Waals surface area (Å²) in [6, 6.07) is 0. The molecule has 0 bridgehead atoms. The van der Waals surface area contributed by atoms with E-state index in [0.717, 1.165) is 12.8 Å². The van der Waals surface area contributed by atoms with Gasteiger partial charge >= 0.3 is 0 Å². The molecule has 0 aliphatic carbocycles. The first-order valence-corrected chi connectivity index (χ1v) is 4.23. The number of nitrogens with two attached hydrogens (primary N) is 1. The standard InChI is InChI=1S/C8H19NO2/c1-4-7(5-2)8(9,10)11-6-3/h7,10H,4-6,9H2,1-3H3. The van der Waals surface area contributed by atoms with Crippen LogP contribution in [0.5, 0.6) is 0 Å². The molecule has 0 aromatic heterocycles. The van der Waals surface area contributed by atoms with Crippen LogP contribution in [0, 0.1) is 5.92 Å². The van der Waals surface area contributed by atoms with E-state index in [4.69, 9.17) is 10.5 Å². The van der Waals surface area contributed by atoms with E-state index in [-0.39, 0.29) is 5.92 Å². The highest BCUT2D eigenvalue weighted by Crippen LogP contribution is 2.20. The van der Waals surface area contributed by atoms with Crippen molar-refractivity contribution < 1.29 is 9.84 Å². The van der Waals surface area contributed by atoms with Crippen molar-refractivity contribution in [2.45, 2.75) is 39.5 Å². The third-order valence-electron chi connectivity index (χ3n) is 1.95. The van der Waals surface area contributed by atoms with Crippen molar-refractivity contribution in [1.82, 2.24) is 0 Å². The minimum atomic E-state index is -1.43. The van der Waals surface area contributed by atoms with Gasteiger partial charge in [-0.15, -0.1) is 0 Å². The summed E-state index contributed by atoms with van der Waals surface area (Å²) < 4.78 is 5.01. The van der Waals surface area contributed by atoms with Crippen molar-refractivity contribution in [3.63, 3.8) is 0 Å². The van der Waals surface area contributed by atoms with Crippen LogP contribution in [0.15, 0.2) is 0 Å². The summed E-state index contributed by atoms with van der Waals surface area (Å²) in [6.07, 6.45) is 1.67. The molecule has 0 heterocycles. The molecule has 0 spiro atoms. The van der Waals surface area contributed by atoms with E-state index in [2.05, 4.69) is 0 Å². The van der Waals surface area contributed by atoms with Gasteiger partial charge in [0, 0.05) is 12.5 Å². The van der Waals surface area contributed by atoms with Crippen LogP contribution in [-0.2, 0) is 4.74 Å². The van der Waals surface area contributed by atoms with E-state index < -0.39 is 5.91 Å². The molecule has 0 aliphatic rings. The van der Waals surface area contributed by atoms with Crippen molar-refractivity contribution in [1.29, 1.82) is 0 Å². The van der Waals surface area contributed by atoms with Crippen molar-refractivity contribution in [3.8, 4) is 0 Å². The zero-order chi connectivity index (χ0) is 8.91. The highest BCUT2D eigenvalue weighted by Gasteiger charge is 2.30. The van der Waals surface area contributed by atoms with Gasteiger partial charge in [-0.2, -0.15) is 0 Å². The van der Waals surface area contributed by atoms with Crippen LogP contribution in [0.2, 0.25) is 0 Å². The van der Waals surface area contributed by atoms with Crippen molar-refractivity contribution >= 4 is 0 Å². The van der Waals surface area contributed by atoms with Crippen LogP contribution in [0.3, 0.4) is 0 Å². The Morgan fingerprint density at radius 2 is 1.82 bits per heavy atom. The SMILES string of the molecule is CCOC(N)(O)C(CC)CC. The van der Waals surface area contributed by atoms with Crippen LogP contribution in [-0.4, -0.2) is 17.6 Å². The fraction of sp³-hybridized carbons (Fsp3) is 1.00. The molecule has 68 valence electrons. The van der Waals surface area contributed by atoms with E-state index in [1.54, 1.807) is 0 Å². The molecule has 0 rings (SSSR count). The highest BCUT2D eigenvalue weighted by molar-refractivity contribution is 4.68. The second-order valence-corrected chi connectivity index (χ2v) is 2.70. The fourth-order valence-corrected chi connectivity index (χ4v) is 1.22. The summed E-state index contributed by atoms with van der Waals surface area (Å²) >= 11 is 0. The normalized spacial score (nSPS) is 16.9. The molecule has 0 fully saturated rings. The van der Waals surface area contributed by atoms with Gasteiger partial charge in [0.05, 0.1) is 0 Å². The predicted molar refractivity (Wildman–Crippen MR) is 44.8 cm³/mol. The lowest BCUT2D eigenvalue weighted by atomic mass is 9.99. The fourth-order valence-electron chi connectivity index (χ4n) is 1.22. The Bertz CT molecular complexity index is 100. The van der Waals surface area contributed by atoms with Gasteiger partial charge in [0.25, 0.3) is 0 Å². The van der Waals surface area contributed by atoms with Gasteiger partial charge in [-0.1, -0.05) is 13.8 Å². The summed E-state index contributed by atoms with van der Waals surface area (Å²) in [7, 11) is 0. The first-order valence-electron chi connectivity index (χ1n) is 4.23. The van der Waals surface area contributed by atoms with E-state index in [9.17, 15) is 5.11 Å². The van der Waals surface area contributed by atoms with Gasteiger partial charge in [-0.25, -0.2) is 0 Å². The van der Waals surface area contributed by atoms with Crippen molar-refractivity contribution in [2.24, 2.45) is 11.7 Å². The molecule has 0 saturated heterocycles. The molecule has 3 nitrogen and oxygen atoms in total. The van der Waals surface area contributed by atoms with Gasteiger partial charge < -0.3 is 9.84 Å². The maximum atomic E-state index is 9.53. The van der Waals surface area contributed by atoms with Crippen LogP contribution in [0.25, 0.3) is 0 Å². The molecule has 0 aliphatic heterocycles. The summed E-state index contributed by atoms with van der Waals surface area (Å²) in [5.41, 5.74) is 5.53. The monoisotopic (exact) mass is 161 g/mol. The maximum Gasteiger partial charge on any atom is 0.225 e. The minimum Gasteiger partial charge on any atom is -0.353 e. The van der Waals surface area contributed by atoms with Crippen LogP contribution < -0.4 is 5.73 Å². The molecular weight excluding hydrogens is 142 g/mol. The Balaban J connectivity index is 4.00. The largest absolute Gasteiger partial charge is 0.353 e. The molecule has 0 aromatic rings. The quantitative estimate of drug-likeness (QED) is 0.593. The number of rotatable bonds is 5. The van der Waals surface area contributed by atoms with E-state index in [1.165, 1.54) is 0 Å². The Kier molecular flexibility index (Phi) is 4.65. The van der Waals surface area contributed by atoms with Gasteiger partial charge in [0.15, 0.2) is 0 Å². The maximum absolute atomic E-state index is 9.53. The molecular formula is C8H19NO2. The number of ether oxygens (including phenoxy) is 1. The predicted octanol–water partition coefficient (Wildman–Crippen LogP) is 1.06. The third kappa shape index (κ3) is 3.18. The number of hydrogen-bond donors (Lipinski definition) is 2. The van der Waals surface area contributed by atoms with E-state index in [1.807, 2.05) is 20.8 Å². The topological polar surface area (TPSA) is 55.5 Å². The Morgan fingerprint density at radius 3 is 2.09 bits per heavy atom. The second-order valence-electron chi connectivity index (χ2n) is 2.70. The lowest BCUT2D eigenvalue weighted by molar-refractivity contribution is -0.231. The van der Waals surface area contributed by atoms with Crippen LogP contribution in [0.4, 0.5) is 0 Å². The Hall–Kier alpha value is -0.120. The molecule has 0 saturated carbocycles. The zero-order valence-corrected chi connectivity index (χ0v) is 7.63. The molecule has 1 unspecified atom stereocenters. The number of hydrogen-bond acceptors (Lipinski definition) is 3. The lowest BCUT2D eigenvalue weighted by Gasteiger charge is -2.30. The Labute approximate surface area is 68.5 Å². The number of aliphatic hydroxyl groups is 1. The summed E-state index contributed by atoms with van der Waals surface area (Å²) in [4.78, 5) is 0. The van der Waals surface area contributed by atoms with Gasteiger partial charge in [-0.05, 0) is 19.8 Å². The van der Waals surface area contributed by atoms with Gasteiger partial charge in [0.1, 0.15) is 0 Å². The summed E-state index contributed by atoms with van der Waals surface area (Å²) in [5, 5.41) is 9.53. The first kappa shape index (κ1) is 10.9. The molecule has 11 heavy (non-hydrogen) atoms. The van der Waals surface area contributed by atoms with E-state index >= 15 is 0 Å². The van der Waals surface area contributed by atoms with Crippen molar-refractivity contribution in [2.75, 3.05) is 6.61 Å². The highest BCUT2D eigenvalue weighted by atomic mass is 16.6. The molecule has 3 N–H and O–H groups in total. The smallest absolute Gasteiger partial charge is 0.225 e. The average molecular weight is 161 g/mol. The molecule has 0 amide bonds. The molecule has 1 atom stereocenters. The molecule has 0 aromatic carbocycles. The zero-order valence-electron chi connectivity index (χ0n) is 7.63. The second kappa shape index (κ2) is 4.70. The third-order valence-corrected chi connectivity index (χ3v) is 1.95. The average Bonchev–Trinajstić information content (AvgIpc) is 1.89. The lowest BCUT2D eigenvalue weighted by Crippen LogP contribution is -2.49. The van der Waals surface area contributed by atoms with Crippen LogP contribution in [0.1, 0.15) is 33.6 Å². The molecule has 3 heteroatoms. The first-order chi connectivity index (χ1) is 5.08. The van der Waals surface area contributed by atoms with Gasteiger partial charge in [-0.3, -0.25) is 5.73 Å². The molecule has 0 radical (unpaired) electrons. The Morgan fingerprint density at radius 1 is 1.36 bits per heavy atom. The minimum absolute atomic E-state index is 0.0300. The summed E-state index contributed by atoms with van der Waals surface area (Å²) in [5.74, 6) is -1.40. The van der Waals surface area contributed by atoms with Crippen molar-refractivity contribution in [3.05, 3.63) is 0 Å².